The topological polar surface area (TPSA) is 105 Å². The van der Waals surface area contributed by atoms with Crippen LogP contribution in [0.3, 0.4) is 0 Å². The highest BCUT2D eigenvalue weighted by Crippen LogP contribution is 2.44. The van der Waals surface area contributed by atoms with E-state index in [4.69, 9.17) is 4.74 Å². The van der Waals surface area contributed by atoms with E-state index in [1.807, 2.05) is 24.3 Å². The van der Waals surface area contributed by atoms with Gasteiger partial charge in [-0.3, -0.25) is 4.79 Å². The first-order valence-electron chi connectivity index (χ1n) is 11.5. The third-order valence-electron chi connectivity index (χ3n) is 6.57. The van der Waals surface area contributed by atoms with Crippen LogP contribution in [0.1, 0.15) is 49.7 Å². The van der Waals surface area contributed by atoms with Crippen molar-refractivity contribution in [3.05, 3.63) is 59.7 Å². The summed E-state index contributed by atoms with van der Waals surface area (Å²) in [5.74, 6) is 3.54. The molecule has 0 saturated heterocycles. The lowest BCUT2D eigenvalue weighted by Gasteiger charge is -2.18. The fourth-order valence-electron chi connectivity index (χ4n) is 4.85. The fourth-order valence-corrected chi connectivity index (χ4v) is 4.85. The molecular formula is C27H28N2O5. The van der Waals surface area contributed by atoms with E-state index in [9.17, 15) is 19.5 Å². The van der Waals surface area contributed by atoms with Crippen molar-refractivity contribution < 1.29 is 24.2 Å². The maximum absolute atomic E-state index is 12.5. The van der Waals surface area contributed by atoms with Gasteiger partial charge in [0.25, 0.3) is 0 Å². The number of carbonyl (C=O) groups excluding carboxylic acids is 2. The van der Waals surface area contributed by atoms with Crippen LogP contribution in [-0.4, -0.2) is 41.8 Å². The van der Waals surface area contributed by atoms with Crippen LogP contribution >= 0.6 is 0 Å². The smallest absolute Gasteiger partial charge is 0.407 e. The van der Waals surface area contributed by atoms with Crippen LogP contribution < -0.4 is 10.6 Å². The zero-order valence-electron chi connectivity index (χ0n) is 19.0. The van der Waals surface area contributed by atoms with Gasteiger partial charge in [0, 0.05) is 24.3 Å². The number of carbonyl (C=O) groups is 3. The number of nitrogens with one attached hydrogen (secondary N) is 2. The Labute approximate surface area is 198 Å². The minimum absolute atomic E-state index is 0.0144. The molecule has 2 aromatic carbocycles. The molecule has 2 aliphatic carbocycles. The number of hydrogen-bond acceptors (Lipinski definition) is 4. The number of hydrogen-bond donors (Lipinski definition) is 3. The first-order chi connectivity index (χ1) is 16.5. The van der Waals surface area contributed by atoms with Gasteiger partial charge < -0.3 is 20.5 Å². The van der Waals surface area contributed by atoms with Gasteiger partial charge in [-0.15, -0.1) is 11.8 Å². The Kier molecular flexibility index (Phi) is 7.17. The van der Waals surface area contributed by atoms with E-state index in [1.54, 1.807) is 6.92 Å². The van der Waals surface area contributed by atoms with Crippen molar-refractivity contribution in [1.29, 1.82) is 0 Å². The molecule has 3 atom stereocenters. The standard InChI is InChI=1S/C27H28N2O5/c1-2-3-12-24(26(31)32)29-25(30)17-13-14-18(15-17)28-27(33)34-16-23-21-10-6-4-8-19(21)20-9-5-7-11-22(20)23/h4-11,17-18,23-24H,12-16H2,1H3,(H,28,33)(H,29,30)(H,31,32)/t17-,18+,24?/m0/s1. The summed E-state index contributed by atoms with van der Waals surface area (Å²) >= 11 is 0. The van der Waals surface area contributed by atoms with Crippen molar-refractivity contribution in [2.45, 2.75) is 50.6 Å². The highest BCUT2D eigenvalue weighted by molar-refractivity contribution is 5.85. The molecule has 1 fully saturated rings. The summed E-state index contributed by atoms with van der Waals surface area (Å²) in [6, 6.07) is 15.1. The van der Waals surface area contributed by atoms with Crippen molar-refractivity contribution in [3.63, 3.8) is 0 Å². The van der Waals surface area contributed by atoms with Crippen molar-refractivity contribution in [2.24, 2.45) is 5.92 Å². The van der Waals surface area contributed by atoms with Gasteiger partial charge in [-0.2, -0.15) is 0 Å². The number of amides is 2. The number of ether oxygens (including phenoxy) is 1. The third kappa shape index (κ3) is 5.07. The number of benzene rings is 2. The van der Waals surface area contributed by atoms with Gasteiger partial charge in [0.2, 0.25) is 5.91 Å². The Hall–Kier alpha value is -3.79. The summed E-state index contributed by atoms with van der Waals surface area (Å²) in [5, 5.41) is 14.7. The quantitative estimate of drug-likeness (QED) is 0.547. The Balaban J connectivity index is 1.29. The molecule has 0 heterocycles. The molecule has 0 radical (unpaired) electrons. The molecule has 7 heteroatoms. The molecule has 34 heavy (non-hydrogen) atoms. The molecule has 1 saturated carbocycles. The average molecular weight is 461 g/mol. The molecule has 1 unspecified atom stereocenters. The number of fused-ring (bicyclic) bond motifs is 3. The van der Waals surface area contributed by atoms with Crippen LogP contribution in [0.25, 0.3) is 11.1 Å². The van der Waals surface area contributed by atoms with Crippen molar-refractivity contribution in [2.75, 3.05) is 6.61 Å². The first kappa shape index (κ1) is 23.4. The molecule has 0 aromatic heterocycles. The van der Waals surface area contributed by atoms with Gasteiger partial charge in [0.1, 0.15) is 12.6 Å². The summed E-state index contributed by atoms with van der Waals surface area (Å²) in [6.07, 6.45) is 1.21. The number of aliphatic carboxylic acids is 1. The molecule has 3 N–H and O–H groups in total. The Morgan fingerprint density at radius 2 is 1.71 bits per heavy atom. The van der Waals surface area contributed by atoms with Crippen LogP contribution in [0, 0.1) is 17.8 Å². The average Bonchev–Trinajstić information content (AvgIpc) is 3.43. The first-order valence-corrected chi connectivity index (χ1v) is 11.5. The summed E-state index contributed by atoms with van der Waals surface area (Å²) in [7, 11) is 0. The Morgan fingerprint density at radius 1 is 1.06 bits per heavy atom. The summed E-state index contributed by atoms with van der Waals surface area (Å²) < 4.78 is 5.59. The van der Waals surface area contributed by atoms with Gasteiger partial charge in [0.05, 0.1) is 0 Å². The van der Waals surface area contributed by atoms with E-state index in [0.717, 1.165) is 11.1 Å². The largest absolute Gasteiger partial charge is 0.480 e. The van der Waals surface area contributed by atoms with Crippen LogP contribution in [-0.2, 0) is 14.3 Å². The molecule has 2 aliphatic rings. The predicted octanol–water partition coefficient (Wildman–Crippen LogP) is 3.68. The highest BCUT2D eigenvalue weighted by Gasteiger charge is 2.34. The number of carboxylic acids is 1. The second kappa shape index (κ2) is 10.4. The lowest BCUT2D eigenvalue weighted by molar-refractivity contribution is -0.142. The molecular weight excluding hydrogens is 432 g/mol. The van der Waals surface area contributed by atoms with Crippen molar-refractivity contribution in [1.82, 2.24) is 10.6 Å². The minimum Gasteiger partial charge on any atom is -0.480 e. The van der Waals surface area contributed by atoms with E-state index >= 15 is 0 Å². The monoisotopic (exact) mass is 460 g/mol. The molecule has 0 aliphatic heterocycles. The second-order valence-electron chi connectivity index (χ2n) is 8.71. The van der Waals surface area contributed by atoms with Crippen molar-refractivity contribution >= 4 is 18.0 Å². The van der Waals surface area contributed by atoms with Gasteiger partial charge in [-0.05, 0) is 48.4 Å². The maximum atomic E-state index is 12.5. The van der Waals surface area contributed by atoms with E-state index in [-0.39, 0.29) is 36.8 Å². The normalized spacial score (nSPS) is 19.2. The van der Waals surface area contributed by atoms with E-state index < -0.39 is 18.1 Å². The molecule has 0 bridgehead atoms. The molecule has 7 nitrogen and oxygen atoms in total. The van der Waals surface area contributed by atoms with Gasteiger partial charge >= 0.3 is 12.1 Å². The Morgan fingerprint density at radius 3 is 2.32 bits per heavy atom. The number of carboxylic acid groups (broad SMARTS) is 1. The van der Waals surface area contributed by atoms with E-state index in [1.165, 1.54) is 11.1 Å². The van der Waals surface area contributed by atoms with E-state index in [2.05, 4.69) is 46.7 Å². The van der Waals surface area contributed by atoms with Crippen molar-refractivity contribution in [3.8, 4) is 23.0 Å². The summed E-state index contributed by atoms with van der Waals surface area (Å²) in [5.41, 5.74) is 4.63. The molecule has 176 valence electrons. The predicted molar refractivity (Wildman–Crippen MR) is 127 cm³/mol. The highest BCUT2D eigenvalue weighted by atomic mass is 16.5. The number of alkyl carbamates (subject to hydrolysis) is 1. The molecule has 2 amide bonds. The van der Waals surface area contributed by atoms with Crippen LogP contribution in [0.2, 0.25) is 0 Å². The lowest BCUT2D eigenvalue weighted by Crippen LogP contribution is -2.43. The van der Waals surface area contributed by atoms with Crippen LogP contribution in [0.15, 0.2) is 48.5 Å². The van der Waals surface area contributed by atoms with Crippen LogP contribution in [0.5, 0.6) is 0 Å². The zero-order chi connectivity index (χ0) is 24.1. The van der Waals surface area contributed by atoms with Gasteiger partial charge in [-0.25, -0.2) is 9.59 Å². The molecule has 2 aromatic rings. The summed E-state index contributed by atoms with van der Waals surface area (Å²) in [6.45, 7) is 1.85. The SMILES string of the molecule is CC#CCC(NC(=O)[C@H]1CC[C@@H](NC(=O)OCC2c3ccccc3-c3ccccc32)C1)C(=O)O. The summed E-state index contributed by atoms with van der Waals surface area (Å²) in [4.78, 5) is 36.4. The maximum Gasteiger partial charge on any atom is 0.407 e. The van der Waals surface area contributed by atoms with E-state index in [0.29, 0.717) is 19.3 Å². The zero-order valence-corrected chi connectivity index (χ0v) is 19.0. The minimum atomic E-state index is -1.11. The Bertz CT molecular complexity index is 1100. The second-order valence-corrected chi connectivity index (χ2v) is 8.71. The number of rotatable bonds is 7. The van der Waals surface area contributed by atoms with Crippen LogP contribution in [0.4, 0.5) is 4.79 Å². The lowest BCUT2D eigenvalue weighted by atomic mass is 9.98. The molecule has 4 rings (SSSR count). The molecule has 0 spiro atoms. The fraction of sp³-hybridized carbons (Fsp3) is 0.370. The van der Waals surface area contributed by atoms with Gasteiger partial charge in [-0.1, -0.05) is 48.5 Å². The third-order valence-corrected chi connectivity index (χ3v) is 6.57. The van der Waals surface area contributed by atoms with Gasteiger partial charge in [0.15, 0.2) is 0 Å².